The van der Waals surface area contributed by atoms with Crippen LogP contribution in [0.3, 0.4) is 0 Å². The molecule has 0 spiro atoms. The van der Waals surface area contributed by atoms with E-state index in [2.05, 4.69) is 10.6 Å². The highest BCUT2D eigenvalue weighted by Gasteiger charge is 2.16. The van der Waals surface area contributed by atoms with E-state index in [0.29, 0.717) is 28.6 Å². The molecule has 27 heavy (non-hydrogen) atoms. The number of aryl methyl sites for hydroxylation is 2. The topological polar surface area (TPSA) is 85.9 Å². The van der Waals surface area contributed by atoms with E-state index in [1.807, 2.05) is 32.0 Å². The van der Waals surface area contributed by atoms with Gasteiger partial charge in [0.05, 0.1) is 21.3 Å². The number of nitrogens with one attached hydrogen (secondary N) is 2. The fourth-order valence-electron chi connectivity index (χ4n) is 2.76. The van der Waals surface area contributed by atoms with E-state index < -0.39 is 11.8 Å². The van der Waals surface area contributed by atoms with E-state index in [9.17, 15) is 9.59 Å². The van der Waals surface area contributed by atoms with E-state index in [-0.39, 0.29) is 6.42 Å². The quantitative estimate of drug-likeness (QED) is 0.729. The maximum absolute atomic E-state index is 12.2. The standard InChI is InChI=1S/C20H24N2O5/c1-12-6-13(2)8-14(7-12)21-18(23)11-19(24)22-15-9-16(25-3)20(27-5)17(10-15)26-4/h6-10H,11H2,1-5H3,(H,21,23)(H,22,24). The lowest BCUT2D eigenvalue weighted by Crippen LogP contribution is -2.21. The number of benzene rings is 2. The average Bonchev–Trinajstić information content (AvgIpc) is 2.59. The van der Waals surface area contributed by atoms with Gasteiger partial charge < -0.3 is 24.8 Å². The molecule has 0 atom stereocenters. The number of amides is 2. The number of methoxy groups -OCH3 is 3. The zero-order chi connectivity index (χ0) is 20.0. The van der Waals surface area contributed by atoms with E-state index in [0.717, 1.165) is 11.1 Å². The lowest BCUT2D eigenvalue weighted by atomic mass is 10.1. The smallest absolute Gasteiger partial charge is 0.233 e. The van der Waals surface area contributed by atoms with Crippen LogP contribution < -0.4 is 24.8 Å². The van der Waals surface area contributed by atoms with Crippen molar-refractivity contribution in [3.05, 3.63) is 41.5 Å². The minimum Gasteiger partial charge on any atom is -0.493 e. The van der Waals surface area contributed by atoms with Crippen LogP contribution in [0.5, 0.6) is 17.2 Å². The van der Waals surface area contributed by atoms with Gasteiger partial charge >= 0.3 is 0 Å². The molecule has 0 aliphatic carbocycles. The molecule has 7 heteroatoms. The highest BCUT2D eigenvalue weighted by atomic mass is 16.5. The van der Waals surface area contributed by atoms with Gasteiger partial charge in [-0.3, -0.25) is 9.59 Å². The molecule has 0 aliphatic rings. The fraction of sp³-hybridized carbons (Fsp3) is 0.300. The molecule has 0 aromatic heterocycles. The minimum absolute atomic E-state index is 0.316. The molecule has 2 N–H and O–H groups in total. The van der Waals surface area contributed by atoms with Gasteiger partial charge in [-0.1, -0.05) is 6.07 Å². The number of anilines is 2. The number of rotatable bonds is 7. The highest BCUT2D eigenvalue weighted by Crippen LogP contribution is 2.39. The maximum atomic E-state index is 12.2. The molecule has 2 amide bonds. The summed E-state index contributed by atoms with van der Waals surface area (Å²) in [5.41, 5.74) is 3.17. The Balaban J connectivity index is 2.05. The Morgan fingerprint density at radius 1 is 0.741 bits per heavy atom. The third-order valence-corrected chi connectivity index (χ3v) is 3.78. The second kappa shape index (κ2) is 8.93. The molecule has 2 aromatic carbocycles. The molecule has 0 saturated carbocycles. The minimum atomic E-state index is -0.453. The summed E-state index contributed by atoms with van der Waals surface area (Å²) in [7, 11) is 4.47. The third-order valence-electron chi connectivity index (χ3n) is 3.78. The van der Waals surface area contributed by atoms with Crippen molar-refractivity contribution in [2.45, 2.75) is 20.3 Å². The van der Waals surface area contributed by atoms with Crippen LogP contribution in [-0.2, 0) is 9.59 Å². The average molecular weight is 372 g/mol. The SMILES string of the molecule is COc1cc(NC(=O)CC(=O)Nc2cc(C)cc(C)c2)cc(OC)c1OC. The van der Waals surface area contributed by atoms with Crippen molar-refractivity contribution in [1.29, 1.82) is 0 Å². The molecule has 0 unspecified atom stereocenters. The molecule has 0 bridgehead atoms. The molecule has 0 heterocycles. The second-order valence-corrected chi connectivity index (χ2v) is 6.06. The Labute approximate surface area is 158 Å². The number of hydrogen-bond acceptors (Lipinski definition) is 5. The molecule has 7 nitrogen and oxygen atoms in total. The Morgan fingerprint density at radius 2 is 1.19 bits per heavy atom. The molecular formula is C20H24N2O5. The van der Waals surface area contributed by atoms with Crippen LogP contribution in [0.1, 0.15) is 17.5 Å². The van der Waals surface area contributed by atoms with Gasteiger partial charge in [0.15, 0.2) is 11.5 Å². The summed E-state index contributed by atoms with van der Waals surface area (Å²) in [5, 5.41) is 5.40. The number of hydrogen-bond donors (Lipinski definition) is 2. The fourth-order valence-corrected chi connectivity index (χ4v) is 2.76. The van der Waals surface area contributed by atoms with Crippen molar-refractivity contribution in [3.8, 4) is 17.2 Å². The first-order valence-electron chi connectivity index (χ1n) is 8.34. The van der Waals surface area contributed by atoms with Crippen molar-refractivity contribution >= 4 is 23.2 Å². The summed E-state index contributed by atoms with van der Waals surface area (Å²) in [6.45, 7) is 3.89. The molecule has 2 aromatic rings. The molecular weight excluding hydrogens is 348 g/mol. The Bertz CT molecular complexity index is 803. The van der Waals surface area contributed by atoms with Crippen LogP contribution in [0, 0.1) is 13.8 Å². The number of carbonyl (C=O) groups excluding carboxylic acids is 2. The molecule has 2 rings (SSSR count). The predicted molar refractivity (Wildman–Crippen MR) is 104 cm³/mol. The van der Waals surface area contributed by atoms with Gasteiger partial charge in [0.25, 0.3) is 0 Å². The zero-order valence-electron chi connectivity index (χ0n) is 16.1. The van der Waals surface area contributed by atoms with Crippen molar-refractivity contribution in [3.63, 3.8) is 0 Å². The molecule has 144 valence electrons. The summed E-state index contributed by atoms with van der Waals surface area (Å²) in [6, 6.07) is 8.90. The van der Waals surface area contributed by atoms with E-state index >= 15 is 0 Å². The van der Waals surface area contributed by atoms with E-state index in [4.69, 9.17) is 14.2 Å². The molecule has 0 radical (unpaired) electrons. The summed E-state index contributed by atoms with van der Waals surface area (Å²) in [4.78, 5) is 24.4. The molecule has 0 fully saturated rings. The van der Waals surface area contributed by atoms with Gasteiger partial charge in [-0.05, 0) is 37.1 Å². The van der Waals surface area contributed by atoms with Crippen LogP contribution >= 0.6 is 0 Å². The Kier molecular flexibility index (Phi) is 6.65. The first kappa shape index (κ1) is 20.1. The van der Waals surface area contributed by atoms with Crippen LogP contribution in [0.2, 0.25) is 0 Å². The van der Waals surface area contributed by atoms with Crippen molar-refractivity contribution < 1.29 is 23.8 Å². The molecule has 0 saturated heterocycles. The monoisotopic (exact) mass is 372 g/mol. The van der Waals surface area contributed by atoms with Crippen LogP contribution in [0.15, 0.2) is 30.3 Å². The summed E-state index contributed by atoms with van der Waals surface area (Å²) in [6.07, 6.45) is -0.316. The lowest BCUT2D eigenvalue weighted by molar-refractivity contribution is -0.123. The van der Waals surface area contributed by atoms with Crippen molar-refractivity contribution in [1.82, 2.24) is 0 Å². The lowest BCUT2D eigenvalue weighted by Gasteiger charge is -2.14. The van der Waals surface area contributed by atoms with Crippen LogP contribution in [0.4, 0.5) is 11.4 Å². The van der Waals surface area contributed by atoms with Crippen molar-refractivity contribution in [2.75, 3.05) is 32.0 Å². The van der Waals surface area contributed by atoms with Crippen LogP contribution in [0.25, 0.3) is 0 Å². The van der Waals surface area contributed by atoms with Gasteiger partial charge in [-0.15, -0.1) is 0 Å². The maximum Gasteiger partial charge on any atom is 0.233 e. The van der Waals surface area contributed by atoms with Crippen molar-refractivity contribution in [2.24, 2.45) is 0 Å². The van der Waals surface area contributed by atoms with E-state index in [1.165, 1.54) is 21.3 Å². The summed E-state index contributed by atoms with van der Waals surface area (Å²) < 4.78 is 15.7. The summed E-state index contributed by atoms with van der Waals surface area (Å²) in [5.74, 6) is 0.389. The summed E-state index contributed by atoms with van der Waals surface area (Å²) >= 11 is 0. The second-order valence-electron chi connectivity index (χ2n) is 6.06. The van der Waals surface area contributed by atoms with Gasteiger partial charge in [-0.2, -0.15) is 0 Å². The predicted octanol–water partition coefficient (Wildman–Crippen LogP) is 3.30. The Morgan fingerprint density at radius 3 is 1.59 bits per heavy atom. The first-order chi connectivity index (χ1) is 12.9. The highest BCUT2D eigenvalue weighted by molar-refractivity contribution is 6.08. The largest absolute Gasteiger partial charge is 0.493 e. The zero-order valence-corrected chi connectivity index (χ0v) is 16.1. The number of ether oxygens (including phenoxy) is 3. The van der Waals surface area contributed by atoms with Gasteiger partial charge in [0.2, 0.25) is 17.6 Å². The van der Waals surface area contributed by atoms with Crippen LogP contribution in [-0.4, -0.2) is 33.1 Å². The Hall–Kier alpha value is -3.22. The number of carbonyl (C=O) groups is 2. The van der Waals surface area contributed by atoms with Gasteiger partial charge in [-0.25, -0.2) is 0 Å². The third kappa shape index (κ3) is 5.37. The molecule has 0 aliphatic heterocycles. The first-order valence-corrected chi connectivity index (χ1v) is 8.34. The van der Waals surface area contributed by atoms with E-state index in [1.54, 1.807) is 12.1 Å². The normalized spacial score (nSPS) is 10.1. The van der Waals surface area contributed by atoms with Gasteiger partial charge in [0.1, 0.15) is 6.42 Å². The van der Waals surface area contributed by atoms with Gasteiger partial charge in [0, 0.05) is 23.5 Å².